The summed E-state index contributed by atoms with van der Waals surface area (Å²) in [7, 11) is 4.75. The van der Waals surface area contributed by atoms with Gasteiger partial charge in [-0.05, 0) is 0 Å². The van der Waals surface area contributed by atoms with Crippen molar-refractivity contribution in [1.29, 1.82) is 0 Å². The highest BCUT2D eigenvalue weighted by molar-refractivity contribution is 6.21. The lowest BCUT2D eigenvalue weighted by Crippen LogP contribution is -2.53. The van der Waals surface area contributed by atoms with Gasteiger partial charge in [0.05, 0.1) is 21.3 Å². The SMILES string of the molecule is COc1cc(OC2CC(Cl)C2(C)C)cc(OC)c1OC. The third kappa shape index (κ3) is 2.49. The molecule has 0 radical (unpaired) electrons. The summed E-state index contributed by atoms with van der Waals surface area (Å²) in [4.78, 5) is 0. The maximum Gasteiger partial charge on any atom is 0.203 e. The van der Waals surface area contributed by atoms with Crippen LogP contribution < -0.4 is 18.9 Å². The molecule has 0 spiro atoms. The third-order valence-corrected chi connectivity index (χ3v) is 4.72. The van der Waals surface area contributed by atoms with Crippen LogP contribution in [-0.4, -0.2) is 32.8 Å². The van der Waals surface area contributed by atoms with E-state index in [0.717, 1.165) is 6.42 Å². The van der Waals surface area contributed by atoms with Crippen LogP contribution in [0.2, 0.25) is 0 Å². The minimum absolute atomic E-state index is 0.0397. The maximum absolute atomic E-state index is 6.22. The minimum Gasteiger partial charge on any atom is -0.493 e. The fourth-order valence-electron chi connectivity index (χ4n) is 2.33. The maximum atomic E-state index is 6.22. The predicted molar refractivity (Wildman–Crippen MR) is 78.6 cm³/mol. The molecular formula is C15H21ClO4. The van der Waals surface area contributed by atoms with Crippen LogP contribution in [0.3, 0.4) is 0 Å². The van der Waals surface area contributed by atoms with Gasteiger partial charge in [0.2, 0.25) is 5.75 Å². The number of hydrogen-bond donors (Lipinski definition) is 0. The Labute approximate surface area is 124 Å². The zero-order valence-corrected chi connectivity index (χ0v) is 13.3. The van der Waals surface area contributed by atoms with E-state index in [2.05, 4.69) is 13.8 Å². The molecule has 112 valence electrons. The number of hydrogen-bond acceptors (Lipinski definition) is 4. The van der Waals surface area contributed by atoms with Crippen molar-refractivity contribution < 1.29 is 18.9 Å². The average Bonchev–Trinajstić information content (AvgIpc) is 2.45. The standard InChI is InChI=1S/C15H21ClO4/c1-15(2)12(16)8-13(15)20-9-6-10(17-3)14(19-5)11(7-9)18-4/h6-7,12-13H,8H2,1-5H3. The molecular weight excluding hydrogens is 280 g/mol. The fraction of sp³-hybridized carbons (Fsp3) is 0.600. The van der Waals surface area contributed by atoms with E-state index in [1.54, 1.807) is 33.5 Å². The molecule has 0 saturated heterocycles. The van der Waals surface area contributed by atoms with Crippen molar-refractivity contribution in [2.75, 3.05) is 21.3 Å². The zero-order valence-electron chi connectivity index (χ0n) is 12.5. The van der Waals surface area contributed by atoms with Crippen molar-refractivity contribution in [2.45, 2.75) is 31.7 Å². The van der Waals surface area contributed by atoms with Crippen molar-refractivity contribution in [1.82, 2.24) is 0 Å². The molecule has 1 saturated carbocycles. The molecule has 1 aliphatic rings. The van der Waals surface area contributed by atoms with Crippen LogP contribution in [0, 0.1) is 5.41 Å². The first-order valence-electron chi connectivity index (χ1n) is 6.54. The number of halogens is 1. The van der Waals surface area contributed by atoms with E-state index < -0.39 is 0 Å². The van der Waals surface area contributed by atoms with Gasteiger partial charge in [-0.2, -0.15) is 0 Å². The summed E-state index contributed by atoms with van der Waals surface area (Å²) in [6, 6.07) is 3.61. The van der Waals surface area contributed by atoms with E-state index >= 15 is 0 Å². The molecule has 20 heavy (non-hydrogen) atoms. The van der Waals surface area contributed by atoms with Crippen molar-refractivity contribution in [3.8, 4) is 23.0 Å². The van der Waals surface area contributed by atoms with E-state index in [1.807, 2.05) is 0 Å². The van der Waals surface area contributed by atoms with Gasteiger partial charge in [-0.1, -0.05) is 13.8 Å². The molecule has 2 unspecified atom stereocenters. The van der Waals surface area contributed by atoms with Gasteiger partial charge in [0.25, 0.3) is 0 Å². The van der Waals surface area contributed by atoms with Crippen LogP contribution >= 0.6 is 11.6 Å². The topological polar surface area (TPSA) is 36.9 Å². The summed E-state index contributed by atoms with van der Waals surface area (Å²) < 4.78 is 21.9. The highest BCUT2D eigenvalue weighted by atomic mass is 35.5. The largest absolute Gasteiger partial charge is 0.493 e. The molecule has 5 heteroatoms. The Morgan fingerprint density at radius 1 is 1.05 bits per heavy atom. The summed E-state index contributed by atoms with van der Waals surface area (Å²) in [5.41, 5.74) is -0.0397. The Kier molecular flexibility index (Phi) is 4.23. The molecule has 1 aliphatic carbocycles. The molecule has 2 rings (SSSR count). The summed E-state index contributed by atoms with van der Waals surface area (Å²) in [5, 5.41) is 0.148. The van der Waals surface area contributed by atoms with Crippen molar-refractivity contribution in [3.63, 3.8) is 0 Å². The van der Waals surface area contributed by atoms with Crippen LogP contribution in [0.25, 0.3) is 0 Å². The van der Waals surface area contributed by atoms with Gasteiger partial charge < -0.3 is 18.9 Å². The molecule has 0 heterocycles. The summed E-state index contributed by atoms with van der Waals surface area (Å²) in [5.74, 6) is 2.43. The Balaban J connectivity index is 2.25. The van der Waals surface area contributed by atoms with E-state index in [0.29, 0.717) is 23.0 Å². The van der Waals surface area contributed by atoms with Crippen LogP contribution in [-0.2, 0) is 0 Å². The second kappa shape index (κ2) is 5.60. The summed E-state index contributed by atoms with van der Waals surface area (Å²) >= 11 is 6.22. The molecule has 0 N–H and O–H groups in total. The Hall–Kier alpha value is -1.29. The van der Waals surface area contributed by atoms with Crippen LogP contribution in [0.1, 0.15) is 20.3 Å². The first-order chi connectivity index (χ1) is 9.43. The summed E-state index contributed by atoms with van der Waals surface area (Å²) in [6.45, 7) is 4.22. The average molecular weight is 301 g/mol. The number of rotatable bonds is 5. The molecule has 1 fully saturated rings. The number of ether oxygens (including phenoxy) is 4. The van der Waals surface area contributed by atoms with Gasteiger partial charge in [0.1, 0.15) is 11.9 Å². The molecule has 0 bridgehead atoms. The highest BCUT2D eigenvalue weighted by Crippen LogP contribution is 2.48. The summed E-state index contributed by atoms with van der Waals surface area (Å²) in [6.07, 6.45) is 0.929. The molecule has 4 nitrogen and oxygen atoms in total. The lowest BCUT2D eigenvalue weighted by Gasteiger charge is -2.48. The molecule has 0 aliphatic heterocycles. The number of methoxy groups -OCH3 is 3. The first-order valence-corrected chi connectivity index (χ1v) is 6.98. The second-order valence-electron chi connectivity index (χ2n) is 5.49. The van der Waals surface area contributed by atoms with Crippen LogP contribution in [0.5, 0.6) is 23.0 Å². The first kappa shape index (κ1) is 15.1. The van der Waals surface area contributed by atoms with Crippen LogP contribution in [0.15, 0.2) is 12.1 Å². The van der Waals surface area contributed by atoms with Crippen molar-refractivity contribution >= 4 is 11.6 Å². The molecule has 1 aromatic carbocycles. The van der Waals surface area contributed by atoms with E-state index in [-0.39, 0.29) is 16.9 Å². The van der Waals surface area contributed by atoms with E-state index in [1.165, 1.54) is 0 Å². The van der Waals surface area contributed by atoms with E-state index in [4.69, 9.17) is 30.5 Å². The zero-order chi connectivity index (χ0) is 14.9. The minimum atomic E-state index is -0.0397. The van der Waals surface area contributed by atoms with Gasteiger partial charge in [-0.3, -0.25) is 0 Å². The molecule has 0 aromatic heterocycles. The molecule has 0 amide bonds. The lowest BCUT2D eigenvalue weighted by molar-refractivity contribution is -0.0132. The van der Waals surface area contributed by atoms with Gasteiger partial charge in [-0.25, -0.2) is 0 Å². The van der Waals surface area contributed by atoms with Gasteiger partial charge in [-0.15, -0.1) is 11.6 Å². The van der Waals surface area contributed by atoms with Crippen molar-refractivity contribution in [3.05, 3.63) is 12.1 Å². The van der Waals surface area contributed by atoms with Gasteiger partial charge in [0, 0.05) is 29.3 Å². The highest BCUT2D eigenvalue weighted by Gasteiger charge is 2.49. The lowest BCUT2D eigenvalue weighted by atomic mass is 9.68. The second-order valence-corrected chi connectivity index (χ2v) is 6.02. The fourth-order valence-corrected chi connectivity index (χ4v) is 2.63. The smallest absolute Gasteiger partial charge is 0.203 e. The third-order valence-electron chi connectivity index (χ3n) is 3.97. The Bertz CT molecular complexity index is 462. The Morgan fingerprint density at radius 3 is 1.95 bits per heavy atom. The van der Waals surface area contributed by atoms with Gasteiger partial charge >= 0.3 is 0 Å². The normalized spacial score (nSPS) is 23.7. The van der Waals surface area contributed by atoms with E-state index in [9.17, 15) is 0 Å². The number of alkyl halides is 1. The van der Waals surface area contributed by atoms with Gasteiger partial charge in [0.15, 0.2) is 11.5 Å². The predicted octanol–water partition coefficient (Wildman–Crippen LogP) is 3.50. The monoisotopic (exact) mass is 300 g/mol. The van der Waals surface area contributed by atoms with Crippen molar-refractivity contribution in [2.24, 2.45) is 5.41 Å². The van der Waals surface area contributed by atoms with Crippen LogP contribution in [0.4, 0.5) is 0 Å². The quantitative estimate of drug-likeness (QED) is 0.780. The molecule has 1 aromatic rings. The molecule has 2 atom stereocenters. The number of benzene rings is 1. The Morgan fingerprint density at radius 2 is 1.60 bits per heavy atom.